The number of piperazine rings is 1. The molecule has 2 aromatic rings. The molecule has 1 heterocycles. The van der Waals surface area contributed by atoms with Crippen molar-refractivity contribution in [3.8, 4) is 6.07 Å². The van der Waals surface area contributed by atoms with Crippen molar-refractivity contribution < 1.29 is 4.79 Å². The number of rotatable bonds is 5. The molecule has 0 bridgehead atoms. The molecule has 0 aliphatic carbocycles. The van der Waals surface area contributed by atoms with E-state index in [1.165, 1.54) is 0 Å². The van der Waals surface area contributed by atoms with Crippen LogP contribution in [-0.4, -0.2) is 41.9 Å². The first kappa shape index (κ1) is 17.2. The monoisotopic (exact) mass is 334 g/mol. The maximum absolute atomic E-state index is 12.0. The normalized spacial score (nSPS) is 16.9. The Balaban J connectivity index is 1.65. The summed E-state index contributed by atoms with van der Waals surface area (Å²) in [6.45, 7) is 3.99. The standard InChI is InChI=1S/C20H22N4O/c21-14-17-8-4-5-9-18(17)15-23-10-12-24(13-11-23)19(20(22)25)16-6-2-1-3-7-16/h1-9,19H,10-13,15H2,(H2,22,25). The Hall–Kier alpha value is -2.68. The van der Waals surface area contributed by atoms with E-state index in [9.17, 15) is 10.1 Å². The number of hydrogen-bond donors (Lipinski definition) is 1. The Morgan fingerprint density at radius 2 is 1.68 bits per heavy atom. The number of hydrogen-bond acceptors (Lipinski definition) is 4. The zero-order valence-corrected chi connectivity index (χ0v) is 14.1. The van der Waals surface area contributed by atoms with Gasteiger partial charge in [-0.15, -0.1) is 0 Å². The molecule has 5 nitrogen and oxygen atoms in total. The molecule has 1 saturated heterocycles. The SMILES string of the molecule is N#Cc1ccccc1CN1CCN(C(C(N)=O)c2ccccc2)CC1. The second-order valence-electron chi connectivity index (χ2n) is 6.30. The highest BCUT2D eigenvalue weighted by molar-refractivity contribution is 5.81. The van der Waals surface area contributed by atoms with E-state index in [-0.39, 0.29) is 11.9 Å². The minimum atomic E-state index is -0.380. The molecular formula is C20H22N4O. The van der Waals surface area contributed by atoms with Crippen LogP contribution in [0.2, 0.25) is 0 Å². The van der Waals surface area contributed by atoms with Gasteiger partial charge in [0.25, 0.3) is 0 Å². The van der Waals surface area contributed by atoms with E-state index in [0.29, 0.717) is 0 Å². The summed E-state index contributed by atoms with van der Waals surface area (Å²) in [5.74, 6) is -0.311. The van der Waals surface area contributed by atoms with Crippen LogP contribution in [0.1, 0.15) is 22.7 Å². The molecule has 25 heavy (non-hydrogen) atoms. The molecule has 0 spiro atoms. The highest BCUT2D eigenvalue weighted by Crippen LogP contribution is 2.22. The molecule has 128 valence electrons. The van der Waals surface area contributed by atoms with Gasteiger partial charge < -0.3 is 5.73 Å². The van der Waals surface area contributed by atoms with Crippen molar-refractivity contribution >= 4 is 5.91 Å². The van der Waals surface area contributed by atoms with Gasteiger partial charge in [0.15, 0.2) is 0 Å². The van der Waals surface area contributed by atoms with Crippen LogP contribution < -0.4 is 5.73 Å². The third-order valence-corrected chi connectivity index (χ3v) is 4.69. The van der Waals surface area contributed by atoms with Gasteiger partial charge in [0.2, 0.25) is 5.91 Å². The lowest BCUT2D eigenvalue weighted by atomic mass is 10.0. The molecule has 1 amide bonds. The molecule has 0 saturated carbocycles. The van der Waals surface area contributed by atoms with E-state index in [1.54, 1.807) is 0 Å². The van der Waals surface area contributed by atoms with E-state index in [1.807, 2.05) is 54.6 Å². The molecule has 0 aromatic heterocycles. The fourth-order valence-electron chi connectivity index (χ4n) is 3.38. The zero-order valence-electron chi connectivity index (χ0n) is 14.1. The van der Waals surface area contributed by atoms with Crippen molar-refractivity contribution in [3.63, 3.8) is 0 Å². The van der Waals surface area contributed by atoms with Crippen LogP contribution in [-0.2, 0) is 11.3 Å². The van der Waals surface area contributed by atoms with Crippen LogP contribution >= 0.6 is 0 Å². The maximum atomic E-state index is 12.0. The molecule has 0 radical (unpaired) electrons. The first-order chi connectivity index (χ1) is 12.2. The van der Waals surface area contributed by atoms with Crippen molar-refractivity contribution in [1.82, 2.24) is 9.80 Å². The van der Waals surface area contributed by atoms with Gasteiger partial charge in [0.1, 0.15) is 6.04 Å². The number of amides is 1. The molecule has 2 N–H and O–H groups in total. The molecule has 5 heteroatoms. The van der Waals surface area contributed by atoms with E-state index in [2.05, 4.69) is 15.9 Å². The fraction of sp³-hybridized carbons (Fsp3) is 0.300. The molecular weight excluding hydrogens is 312 g/mol. The molecule has 1 unspecified atom stereocenters. The first-order valence-electron chi connectivity index (χ1n) is 8.47. The van der Waals surface area contributed by atoms with Gasteiger partial charge in [-0.1, -0.05) is 48.5 Å². The molecule has 1 fully saturated rings. The van der Waals surface area contributed by atoms with E-state index in [0.717, 1.165) is 49.4 Å². The lowest BCUT2D eigenvalue weighted by Crippen LogP contribution is -2.50. The lowest BCUT2D eigenvalue weighted by molar-refractivity contribution is -0.124. The van der Waals surface area contributed by atoms with Crippen LogP contribution in [0.3, 0.4) is 0 Å². The molecule has 1 aliphatic heterocycles. The van der Waals surface area contributed by atoms with Crippen molar-refractivity contribution in [2.24, 2.45) is 5.73 Å². The molecule has 2 aromatic carbocycles. The minimum absolute atomic E-state index is 0.311. The van der Waals surface area contributed by atoms with Gasteiger partial charge in [-0.25, -0.2) is 0 Å². The topological polar surface area (TPSA) is 73.4 Å². The van der Waals surface area contributed by atoms with Gasteiger partial charge in [0, 0.05) is 32.7 Å². The number of nitriles is 1. The van der Waals surface area contributed by atoms with E-state index >= 15 is 0 Å². The average Bonchev–Trinajstić information content (AvgIpc) is 2.64. The van der Waals surface area contributed by atoms with Crippen molar-refractivity contribution in [1.29, 1.82) is 5.26 Å². The summed E-state index contributed by atoms with van der Waals surface area (Å²) in [4.78, 5) is 16.4. The Labute approximate surface area is 148 Å². The highest BCUT2D eigenvalue weighted by Gasteiger charge is 2.28. The molecule has 1 aliphatic rings. The maximum Gasteiger partial charge on any atom is 0.239 e. The number of nitrogens with zero attached hydrogens (tertiary/aromatic N) is 3. The second kappa shape index (κ2) is 7.93. The summed E-state index contributed by atoms with van der Waals surface area (Å²) in [5.41, 5.74) is 8.38. The predicted molar refractivity (Wildman–Crippen MR) is 96.4 cm³/mol. The van der Waals surface area contributed by atoms with Crippen molar-refractivity contribution in [2.75, 3.05) is 26.2 Å². The number of carbonyl (C=O) groups is 1. The Bertz CT molecular complexity index is 761. The van der Waals surface area contributed by atoms with Crippen molar-refractivity contribution in [2.45, 2.75) is 12.6 Å². The molecule has 1 atom stereocenters. The minimum Gasteiger partial charge on any atom is -0.368 e. The second-order valence-corrected chi connectivity index (χ2v) is 6.30. The van der Waals surface area contributed by atoms with E-state index in [4.69, 9.17) is 5.73 Å². The van der Waals surface area contributed by atoms with Crippen LogP contribution in [0.4, 0.5) is 0 Å². The average molecular weight is 334 g/mol. The number of carbonyl (C=O) groups excluding carboxylic acids is 1. The summed E-state index contributed by atoms with van der Waals surface area (Å²) in [7, 11) is 0. The van der Waals surface area contributed by atoms with Crippen molar-refractivity contribution in [3.05, 3.63) is 71.3 Å². The third-order valence-electron chi connectivity index (χ3n) is 4.69. The highest BCUT2D eigenvalue weighted by atomic mass is 16.1. The van der Waals surface area contributed by atoms with Crippen LogP contribution in [0.25, 0.3) is 0 Å². The summed E-state index contributed by atoms with van der Waals surface area (Å²) in [5, 5.41) is 9.22. The van der Waals surface area contributed by atoms with Gasteiger partial charge in [-0.2, -0.15) is 5.26 Å². The number of benzene rings is 2. The van der Waals surface area contributed by atoms with E-state index < -0.39 is 0 Å². The van der Waals surface area contributed by atoms with Gasteiger partial charge in [-0.05, 0) is 17.2 Å². The Morgan fingerprint density at radius 1 is 1.04 bits per heavy atom. The van der Waals surface area contributed by atoms with Gasteiger partial charge in [-0.3, -0.25) is 14.6 Å². The van der Waals surface area contributed by atoms with Gasteiger partial charge in [0.05, 0.1) is 11.6 Å². The predicted octanol–water partition coefficient (Wildman–Crippen LogP) is 1.90. The van der Waals surface area contributed by atoms with Gasteiger partial charge >= 0.3 is 0 Å². The van der Waals surface area contributed by atoms with Crippen LogP contribution in [0.5, 0.6) is 0 Å². The summed E-state index contributed by atoms with van der Waals surface area (Å²) < 4.78 is 0. The summed E-state index contributed by atoms with van der Waals surface area (Å²) in [6, 6.07) is 19.3. The first-order valence-corrected chi connectivity index (χ1v) is 8.47. The number of primary amides is 1. The van der Waals surface area contributed by atoms with Crippen LogP contribution in [0, 0.1) is 11.3 Å². The lowest BCUT2D eigenvalue weighted by Gasteiger charge is -2.38. The fourth-order valence-corrected chi connectivity index (χ4v) is 3.38. The Morgan fingerprint density at radius 3 is 2.32 bits per heavy atom. The number of nitrogens with two attached hydrogens (primary N) is 1. The quantitative estimate of drug-likeness (QED) is 0.906. The zero-order chi connectivity index (χ0) is 17.6. The third kappa shape index (κ3) is 4.05. The summed E-state index contributed by atoms with van der Waals surface area (Å²) >= 11 is 0. The molecule has 3 rings (SSSR count). The smallest absolute Gasteiger partial charge is 0.239 e. The Kier molecular flexibility index (Phi) is 5.44. The van der Waals surface area contributed by atoms with Crippen LogP contribution in [0.15, 0.2) is 54.6 Å². The largest absolute Gasteiger partial charge is 0.368 e. The summed E-state index contributed by atoms with van der Waals surface area (Å²) in [6.07, 6.45) is 0.